The summed E-state index contributed by atoms with van der Waals surface area (Å²) >= 11 is 0. The van der Waals surface area contributed by atoms with Crippen molar-refractivity contribution < 1.29 is 0 Å². The standard InChI is InChI=1S/C21H22N8/c1-27-14-16(12-24-27)18-11-19-23-9-10-28(19)20(26-18)17-13-25-29(15-17)21(7-8-22)5-3-2-4-6-21/h9-15H,2-7H2,1H3. The minimum absolute atomic E-state index is 0.208. The Labute approximate surface area is 168 Å². The Kier molecular flexibility index (Phi) is 4.16. The SMILES string of the molecule is Cn1cc(-c2cc3nccn3c(-c3cnn(C4(CC#N)CCCCC4)c3)n2)cn1. The van der Waals surface area contributed by atoms with Gasteiger partial charge < -0.3 is 0 Å². The van der Waals surface area contributed by atoms with Gasteiger partial charge in [0.1, 0.15) is 11.5 Å². The molecule has 29 heavy (non-hydrogen) atoms. The number of hydrogen-bond donors (Lipinski definition) is 0. The first-order valence-electron chi connectivity index (χ1n) is 9.94. The minimum Gasteiger partial charge on any atom is -0.284 e. The number of nitrogens with zero attached hydrogens (tertiary/aromatic N) is 8. The highest BCUT2D eigenvalue weighted by atomic mass is 15.3. The van der Waals surface area contributed by atoms with Crippen molar-refractivity contribution in [3.05, 3.63) is 43.2 Å². The molecule has 0 aromatic carbocycles. The molecule has 0 N–H and O–H groups in total. The Balaban J connectivity index is 1.61. The lowest BCUT2D eigenvalue weighted by Crippen LogP contribution is -2.36. The number of aromatic nitrogens is 7. The van der Waals surface area contributed by atoms with Crippen molar-refractivity contribution >= 4 is 5.65 Å². The van der Waals surface area contributed by atoms with Crippen LogP contribution in [0.3, 0.4) is 0 Å². The summed E-state index contributed by atoms with van der Waals surface area (Å²) in [6.45, 7) is 0. The summed E-state index contributed by atoms with van der Waals surface area (Å²) in [6.07, 6.45) is 17.3. The molecule has 8 nitrogen and oxygen atoms in total. The molecule has 0 spiro atoms. The zero-order valence-electron chi connectivity index (χ0n) is 16.4. The molecule has 146 valence electrons. The van der Waals surface area contributed by atoms with E-state index in [1.54, 1.807) is 17.1 Å². The van der Waals surface area contributed by atoms with Crippen molar-refractivity contribution in [1.29, 1.82) is 5.26 Å². The molecular weight excluding hydrogens is 364 g/mol. The monoisotopic (exact) mass is 386 g/mol. The minimum atomic E-state index is -0.208. The molecule has 0 atom stereocenters. The van der Waals surface area contributed by atoms with Crippen LogP contribution < -0.4 is 0 Å². The third-order valence-electron chi connectivity index (χ3n) is 5.91. The van der Waals surface area contributed by atoms with Crippen molar-refractivity contribution in [1.82, 2.24) is 33.9 Å². The highest BCUT2D eigenvalue weighted by molar-refractivity contribution is 5.68. The van der Waals surface area contributed by atoms with Crippen molar-refractivity contribution in [2.75, 3.05) is 0 Å². The van der Waals surface area contributed by atoms with Gasteiger partial charge in [0.15, 0.2) is 0 Å². The Morgan fingerprint density at radius 3 is 2.69 bits per heavy atom. The summed E-state index contributed by atoms with van der Waals surface area (Å²) < 4.78 is 5.74. The highest BCUT2D eigenvalue weighted by Gasteiger charge is 2.35. The van der Waals surface area contributed by atoms with Gasteiger partial charge in [0.2, 0.25) is 0 Å². The maximum atomic E-state index is 9.42. The number of nitriles is 1. The zero-order chi connectivity index (χ0) is 19.8. The Morgan fingerprint density at radius 2 is 1.93 bits per heavy atom. The lowest BCUT2D eigenvalue weighted by atomic mass is 9.80. The maximum Gasteiger partial charge on any atom is 0.149 e. The van der Waals surface area contributed by atoms with Gasteiger partial charge in [0.05, 0.1) is 41.7 Å². The van der Waals surface area contributed by atoms with Crippen molar-refractivity contribution in [3.63, 3.8) is 0 Å². The predicted molar refractivity (Wildman–Crippen MR) is 108 cm³/mol. The van der Waals surface area contributed by atoms with E-state index < -0.39 is 0 Å². The third-order valence-corrected chi connectivity index (χ3v) is 5.91. The molecule has 5 rings (SSSR count). The van der Waals surface area contributed by atoms with Crippen molar-refractivity contribution in [2.45, 2.75) is 44.1 Å². The molecule has 4 aromatic heterocycles. The maximum absolute atomic E-state index is 9.42. The first kappa shape index (κ1) is 17.6. The molecule has 0 unspecified atom stereocenters. The molecule has 0 saturated heterocycles. The van der Waals surface area contributed by atoms with Gasteiger partial charge in [-0.1, -0.05) is 19.3 Å². The highest BCUT2D eigenvalue weighted by Crippen LogP contribution is 2.38. The molecule has 0 aliphatic heterocycles. The van der Waals surface area contributed by atoms with Gasteiger partial charge in [-0.05, 0) is 12.8 Å². The molecule has 1 saturated carbocycles. The van der Waals surface area contributed by atoms with E-state index >= 15 is 0 Å². The molecule has 1 fully saturated rings. The van der Waals surface area contributed by atoms with Crippen LogP contribution in [0.5, 0.6) is 0 Å². The van der Waals surface area contributed by atoms with Gasteiger partial charge in [0, 0.05) is 43.5 Å². The molecule has 1 aliphatic rings. The van der Waals surface area contributed by atoms with E-state index in [0.717, 1.165) is 54.0 Å². The second kappa shape index (κ2) is 6.85. The zero-order valence-corrected chi connectivity index (χ0v) is 16.4. The topological polar surface area (TPSA) is 89.6 Å². The number of imidazole rings is 1. The van der Waals surface area contributed by atoms with Crippen LogP contribution >= 0.6 is 0 Å². The van der Waals surface area contributed by atoms with Crippen LogP contribution in [0.15, 0.2) is 43.2 Å². The van der Waals surface area contributed by atoms with E-state index in [1.165, 1.54) is 6.42 Å². The van der Waals surface area contributed by atoms with Gasteiger partial charge in [-0.25, -0.2) is 9.97 Å². The van der Waals surface area contributed by atoms with Gasteiger partial charge in [-0.15, -0.1) is 0 Å². The van der Waals surface area contributed by atoms with Gasteiger partial charge in [-0.3, -0.25) is 13.8 Å². The fraction of sp³-hybridized carbons (Fsp3) is 0.381. The average molecular weight is 386 g/mol. The summed E-state index contributed by atoms with van der Waals surface area (Å²) in [7, 11) is 1.89. The van der Waals surface area contributed by atoms with Crippen LogP contribution in [0, 0.1) is 11.3 Å². The van der Waals surface area contributed by atoms with Crippen LogP contribution in [0.25, 0.3) is 28.3 Å². The van der Waals surface area contributed by atoms with Gasteiger partial charge in [-0.2, -0.15) is 15.5 Å². The Hall–Kier alpha value is -3.47. The average Bonchev–Trinajstić information content (AvgIpc) is 3.48. The normalized spacial score (nSPS) is 16.1. The predicted octanol–water partition coefficient (Wildman–Crippen LogP) is 3.57. The van der Waals surface area contributed by atoms with E-state index in [2.05, 4.69) is 21.3 Å². The lowest BCUT2D eigenvalue weighted by molar-refractivity contribution is 0.178. The number of aryl methyl sites for hydroxylation is 1. The van der Waals surface area contributed by atoms with E-state index in [0.29, 0.717) is 6.42 Å². The first-order valence-corrected chi connectivity index (χ1v) is 9.94. The van der Waals surface area contributed by atoms with Crippen LogP contribution in [-0.2, 0) is 12.6 Å². The fourth-order valence-corrected chi connectivity index (χ4v) is 4.37. The summed E-state index contributed by atoms with van der Waals surface area (Å²) in [5.41, 5.74) is 3.30. The van der Waals surface area contributed by atoms with Crippen molar-refractivity contribution in [2.24, 2.45) is 7.05 Å². The Bertz CT molecular complexity index is 1200. The van der Waals surface area contributed by atoms with E-state index in [-0.39, 0.29) is 5.54 Å². The summed E-state index contributed by atoms with van der Waals surface area (Å²) in [6, 6.07) is 4.34. The summed E-state index contributed by atoms with van der Waals surface area (Å²) in [5.74, 6) is 0.785. The third kappa shape index (κ3) is 2.99. The fourth-order valence-electron chi connectivity index (χ4n) is 4.37. The molecule has 0 bridgehead atoms. The van der Waals surface area contributed by atoms with Crippen LogP contribution in [-0.4, -0.2) is 33.9 Å². The molecule has 4 aromatic rings. The number of fused-ring (bicyclic) bond motifs is 1. The lowest BCUT2D eigenvalue weighted by Gasteiger charge is -2.35. The number of rotatable bonds is 4. The van der Waals surface area contributed by atoms with E-state index in [9.17, 15) is 5.26 Å². The summed E-state index contributed by atoms with van der Waals surface area (Å²) in [4.78, 5) is 9.37. The molecule has 8 heteroatoms. The largest absolute Gasteiger partial charge is 0.284 e. The molecular formula is C21H22N8. The molecule has 0 amide bonds. The molecule has 4 heterocycles. The van der Waals surface area contributed by atoms with E-state index in [4.69, 9.17) is 4.98 Å². The second-order valence-electron chi connectivity index (χ2n) is 7.82. The van der Waals surface area contributed by atoms with Gasteiger partial charge >= 0.3 is 0 Å². The van der Waals surface area contributed by atoms with Gasteiger partial charge in [0.25, 0.3) is 0 Å². The van der Waals surface area contributed by atoms with Crippen LogP contribution in [0.4, 0.5) is 0 Å². The smallest absolute Gasteiger partial charge is 0.149 e. The molecule has 0 radical (unpaired) electrons. The quantitative estimate of drug-likeness (QED) is 0.535. The Morgan fingerprint density at radius 1 is 1.10 bits per heavy atom. The number of hydrogen-bond acceptors (Lipinski definition) is 5. The van der Waals surface area contributed by atoms with Crippen LogP contribution in [0.1, 0.15) is 38.5 Å². The van der Waals surface area contributed by atoms with Crippen molar-refractivity contribution in [3.8, 4) is 28.7 Å². The van der Waals surface area contributed by atoms with E-state index in [1.807, 2.05) is 47.0 Å². The van der Waals surface area contributed by atoms with Crippen LogP contribution in [0.2, 0.25) is 0 Å². The first-order chi connectivity index (χ1) is 14.2. The second-order valence-corrected chi connectivity index (χ2v) is 7.82. The molecule has 1 aliphatic carbocycles. The summed E-state index contributed by atoms with van der Waals surface area (Å²) in [5, 5.41) is 18.4.